The first-order valence-corrected chi connectivity index (χ1v) is 8.78. The van der Waals surface area contributed by atoms with Gasteiger partial charge in [0.25, 0.3) is 0 Å². The number of rotatable bonds is 4. The van der Waals surface area contributed by atoms with Crippen molar-refractivity contribution in [2.45, 2.75) is 51.6 Å². The second kappa shape index (κ2) is 6.48. The lowest BCUT2D eigenvalue weighted by molar-refractivity contribution is 0.521. The Kier molecular flexibility index (Phi) is 4.67. The molecule has 1 aliphatic carbocycles. The largest absolute Gasteiger partial charge is 0.371 e. The molecule has 1 atom stereocenters. The lowest BCUT2D eigenvalue weighted by Gasteiger charge is -2.26. The van der Waals surface area contributed by atoms with E-state index in [0.29, 0.717) is 0 Å². The van der Waals surface area contributed by atoms with E-state index in [1.54, 1.807) is 0 Å². The van der Waals surface area contributed by atoms with Gasteiger partial charge >= 0.3 is 0 Å². The maximum atomic E-state index is 3.65. The first-order valence-electron chi connectivity index (χ1n) is 7.99. The van der Waals surface area contributed by atoms with Crippen molar-refractivity contribution < 1.29 is 0 Å². The Bertz CT molecular complexity index is 456. The number of hydrogen-bond donors (Lipinski definition) is 1. The number of nitrogens with zero attached hydrogens (tertiary/aromatic N) is 1. The van der Waals surface area contributed by atoms with Crippen LogP contribution in [0.5, 0.6) is 0 Å². The quantitative estimate of drug-likeness (QED) is 0.880. The summed E-state index contributed by atoms with van der Waals surface area (Å²) in [4.78, 5) is 2.60. The number of anilines is 1. The summed E-state index contributed by atoms with van der Waals surface area (Å²) < 4.78 is 1.19. The van der Waals surface area contributed by atoms with Gasteiger partial charge in [0.2, 0.25) is 0 Å². The van der Waals surface area contributed by atoms with Crippen LogP contribution in [0.15, 0.2) is 22.7 Å². The minimum Gasteiger partial charge on any atom is -0.371 e. The highest BCUT2D eigenvalue weighted by Gasteiger charge is 2.22. The van der Waals surface area contributed by atoms with Crippen molar-refractivity contribution in [1.82, 2.24) is 5.32 Å². The fraction of sp³-hybridized carbons (Fsp3) is 0.647. The minimum absolute atomic E-state index is 0.774. The normalized spacial score (nSPS) is 23.7. The van der Waals surface area contributed by atoms with Gasteiger partial charge in [0.05, 0.1) is 0 Å². The van der Waals surface area contributed by atoms with Crippen molar-refractivity contribution in [2.24, 2.45) is 5.92 Å². The van der Waals surface area contributed by atoms with E-state index in [4.69, 9.17) is 0 Å². The molecule has 1 aromatic rings. The maximum absolute atomic E-state index is 3.65. The van der Waals surface area contributed by atoms with Crippen LogP contribution < -0.4 is 10.2 Å². The van der Waals surface area contributed by atoms with Crippen LogP contribution in [0.2, 0.25) is 0 Å². The summed E-state index contributed by atoms with van der Waals surface area (Å²) in [5.74, 6) is 0.875. The predicted molar refractivity (Wildman–Crippen MR) is 89.2 cm³/mol. The van der Waals surface area contributed by atoms with Crippen LogP contribution in [-0.2, 0) is 6.54 Å². The molecule has 20 heavy (non-hydrogen) atoms. The standard InChI is InChI=1S/C17H25BrN2/c1-13-3-2-9-20(10-8-13)17-11-15(18)5-4-14(17)12-19-16-6-7-16/h4-5,11,13,16,19H,2-3,6-10,12H2,1H3. The van der Waals surface area contributed by atoms with Crippen molar-refractivity contribution >= 4 is 21.6 Å². The van der Waals surface area contributed by atoms with Crippen LogP contribution in [0.1, 0.15) is 44.6 Å². The average molecular weight is 337 g/mol. The summed E-state index contributed by atoms with van der Waals surface area (Å²) in [5.41, 5.74) is 2.89. The van der Waals surface area contributed by atoms with E-state index in [9.17, 15) is 0 Å². The summed E-state index contributed by atoms with van der Waals surface area (Å²) in [5, 5.41) is 3.65. The molecule has 0 spiro atoms. The predicted octanol–water partition coefficient (Wildman–Crippen LogP) is 4.33. The van der Waals surface area contributed by atoms with E-state index in [1.165, 1.54) is 60.9 Å². The van der Waals surface area contributed by atoms with Gasteiger partial charge in [0, 0.05) is 35.8 Å². The van der Waals surface area contributed by atoms with Gasteiger partial charge in [-0.15, -0.1) is 0 Å². The van der Waals surface area contributed by atoms with Gasteiger partial charge in [-0.25, -0.2) is 0 Å². The van der Waals surface area contributed by atoms with Gasteiger partial charge in [0.1, 0.15) is 0 Å². The van der Waals surface area contributed by atoms with Gasteiger partial charge in [-0.05, 0) is 55.7 Å². The lowest BCUT2D eigenvalue weighted by atomic mass is 10.0. The molecule has 3 rings (SSSR count). The molecule has 1 unspecified atom stereocenters. The molecule has 2 nitrogen and oxygen atoms in total. The molecule has 1 N–H and O–H groups in total. The molecule has 1 saturated heterocycles. The molecule has 1 heterocycles. The van der Waals surface area contributed by atoms with Crippen LogP contribution in [-0.4, -0.2) is 19.1 Å². The molecule has 2 aliphatic rings. The van der Waals surface area contributed by atoms with Crippen molar-refractivity contribution in [3.63, 3.8) is 0 Å². The second-order valence-electron chi connectivity index (χ2n) is 6.45. The monoisotopic (exact) mass is 336 g/mol. The van der Waals surface area contributed by atoms with Crippen LogP contribution in [0.4, 0.5) is 5.69 Å². The molecule has 1 aliphatic heterocycles. The molecule has 0 radical (unpaired) electrons. The zero-order chi connectivity index (χ0) is 13.9. The van der Waals surface area contributed by atoms with Crippen molar-refractivity contribution in [2.75, 3.05) is 18.0 Å². The van der Waals surface area contributed by atoms with Crippen LogP contribution in [0, 0.1) is 5.92 Å². The molecule has 0 bridgehead atoms. The first-order chi connectivity index (χ1) is 9.72. The number of nitrogens with one attached hydrogen (secondary N) is 1. The number of halogens is 1. The topological polar surface area (TPSA) is 15.3 Å². The zero-order valence-corrected chi connectivity index (χ0v) is 14.0. The van der Waals surface area contributed by atoms with Crippen LogP contribution in [0.25, 0.3) is 0 Å². The van der Waals surface area contributed by atoms with Crippen molar-refractivity contribution in [3.8, 4) is 0 Å². The summed E-state index contributed by atoms with van der Waals surface area (Å²) in [7, 11) is 0. The van der Waals surface area contributed by atoms with Crippen molar-refractivity contribution in [1.29, 1.82) is 0 Å². The molecule has 1 saturated carbocycles. The molecule has 110 valence electrons. The van der Waals surface area contributed by atoms with E-state index < -0.39 is 0 Å². The maximum Gasteiger partial charge on any atom is 0.0423 e. The average Bonchev–Trinajstić information content (AvgIpc) is 3.25. The highest BCUT2D eigenvalue weighted by atomic mass is 79.9. The number of benzene rings is 1. The van der Waals surface area contributed by atoms with E-state index in [-0.39, 0.29) is 0 Å². The summed E-state index contributed by atoms with van der Waals surface area (Å²) in [6.07, 6.45) is 6.73. The fourth-order valence-corrected chi connectivity index (χ4v) is 3.38. The van der Waals surface area contributed by atoms with E-state index in [2.05, 4.69) is 51.3 Å². The minimum atomic E-state index is 0.774. The molecular weight excluding hydrogens is 312 g/mol. The van der Waals surface area contributed by atoms with Crippen LogP contribution >= 0.6 is 15.9 Å². The third kappa shape index (κ3) is 3.76. The molecule has 2 fully saturated rings. The Morgan fingerprint density at radius 2 is 2.05 bits per heavy atom. The fourth-order valence-electron chi connectivity index (χ4n) is 3.03. The molecular formula is C17H25BrN2. The van der Waals surface area contributed by atoms with Crippen LogP contribution in [0.3, 0.4) is 0 Å². The van der Waals surface area contributed by atoms with E-state index in [0.717, 1.165) is 18.5 Å². The highest BCUT2D eigenvalue weighted by molar-refractivity contribution is 9.10. The number of hydrogen-bond acceptors (Lipinski definition) is 2. The summed E-state index contributed by atoms with van der Waals surface area (Å²) in [6, 6.07) is 7.53. The Morgan fingerprint density at radius 1 is 1.20 bits per heavy atom. The SMILES string of the molecule is CC1CCCN(c2cc(Br)ccc2CNC2CC2)CC1. The van der Waals surface area contributed by atoms with E-state index >= 15 is 0 Å². The van der Waals surface area contributed by atoms with E-state index in [1.807, 2.05) is 0 Å². The smallest absolute Gasteiger partial charge is 0.0423 e. The molecule has 1 aromatic carbocycles. The van der Waals surface area contributed by atoms with Gasteiger partial charge in [0.15, 0.2) is 0 Å². The second-order valence-corrected chi connectivity index (χ2v) is 7.37. The Morgan fingerprint density at radius 3 is 2.85 bits per heavy atom. The molecule has 3 heteroatoms. The summed E-state index contributed by atoms with van der Waals surface area (Å²) >= 11 is 3.64. The van der Waals surface area contributed by atoms with Gasteiger partial charge in [-0.2, -0.15) is 0 Å². The van der Waals surface area contributed by atoms with Gasteiger partial charge in [-0.1, -0.05) is 28.9 Å². The van der Waals surface area contributed by atoms with Crippen molar-refractivity contribution in [3.05, 3.63) is 28.2 Å². The lowest BCUT2D eigenvalue weighted by Crippen LogP contribution is -2.26. The van der Waals surface area contributed by atoms with Gasteiger partial charge < -0.3 is 10.2 Å². The molecule has 0 aromatic heterocycles. The van der Waals surface area contributed by atoms with Gasteiger partial charge in [-0.3, -0.25) is 0 Å². The summed E-state index contributed by atoms with van der Waals surface area (Å²) in [6.45, 7) is 5.81. The third-order valence-corrected chi connectivity index (χ3v) is 5.06. The Labute approximate surface area is 131 Å². The Hall–Kier alpha value is -0.540. The first kappa shape index (κ1) is 14.4. The highest BCUT2D eigenvalue weighted by Crippen LogP contribution is 2.29. The Balaban J connectivity index is 1.76. The third-order valence-electron chi connectivity index (χ3n) is 4.56. The zero-order valence-electron chi connectivity index (χ0n) is 12.4. The molecule has 0 amide bonds.